The molecule has 104 valence electrons. The highest BCUT2D eigenvalue weighted by Gasteiger charge is 2.18. The molecule has 0 atom stereocenters. The van der Waals surface area contributed by atoms with E-state index in [-0.39, 0.29) is 5.91 Å². The molecule has 0 unspecified atom stereocenters. The topological polar surface area (TPSA) is 54.9 Å². The lowest BCUT2D eigenvalue weighted by Gasteiger charge is -2.22. The minimum atomic E-state index is -0.0691. The number of nitrogens with zero attached hydrogens (tertiary/aromatic N) is 2. The van der Waals surface area contributed by atoms with Gasteiger partial charge in [0.2, 0.25) is 0 Å². The highest BCUT2D eigenvalue weighted by atomic mass is 32.2. The van der Waals surface area contributed by atoms with Crippen LogP contribution in [0, 0.1) is 6.92 Å². The van der Waals surface area contributed by atoms with Crippen molar-refractivity contribution in [1.29, 1.82) is 0 Å². The van der Waals surface area contributed by atoms with Gasteiger partial charge in [0, 0.05) is 11.7 Å². The van der Waals surface area contributed by atoms with E-state index in [1.807, 2.05) is 18.7 Å². The highest BCUT2D eigenvalue weighted by molar-refractivity contribution is 7.99. The van der Waals surface area contributed by atoms with Crippen LogP contribution in [0.25, 0.3) is 0 Å². The van der Waals surface area contributed by atoms with Gasteiger partial charge in [0.25, 0.3) is 5.91 Å². The summed E-state index contributed by atoms with van der Waals surface area (Å²) in [5, 5.41) is 3.77. The van der Waals surface area contributed by atoms with Gasteiger partial charge in [-0.15, -0.1) is 0 Å². The molecule has 1 aromatic rings. The van der Waals surface area contributed by atoms with Gasteiger partial charge >= 0.3 is 0 Å². The van der Waals surface area contributed by atoms with Crippen molar-refractivity contribution in [2.45, 2.75) is 37.9 Å². The predicted octanol–water partition coefficient (Wildman–Crippen LogP) is 2.52. The van der Waals surface area contributed by atoms with Crippen LogP contribution in [-0.4, -0.2) is 39.2 Å². The zero-order valence-electron chi connectivity index (χ0n) is 11.3. The Morgan fingerprint density at radius 1 is 1.47 bits per heavy atom. The first kappa shape index (κ1) is 14.7. The van der Waals surface area contributed by atoms with E-state index in [0.717, 1.165) is 35.8 Å². The third-order valence-electron chi connectivity index (χ3n) is 2.90. The molecule has 0 spiro atoms. The molecule has 0 saturated carbocycles. The summed E-state index contributed by atoms with van der Waals surface area (Å²) in [6.45, 7) is 3.95. The van der Waals surface area contributed by atoms with Crippen LogP contribution in [0.15, 0.2) is 11.2 Å². The maximum Gasteiger partial charge on any atom is 0.270 e. The Kier molecular flexibility index (Phi) is 5.51. The van der Waals surface area contributed by atoms with Crippen LogP contribution in [0.3, 0.4) is 0 Å². The van der Waals surface area contributed by atoms with Gasteiger partial charge in [-0.25, -0.2) is 9.97 Å². The van der Waals surface area contributed by atoms with E-state index in [2.05, 4.69) is 22.2 Å². The number of nitrogens with one attached hydrogen (secondary N) is 1. The largest absolute Gasteiger partial charge is 0.348 e. The molecule has 1 saturated heterocycles. The van der Waals surface area contributed by atoms with Crippen molar-refractivity contribution in [3.63, 3.8) is 0 Å². The number of carbonyl (C=O) groups excluding carboxylic acids is 1. The van der Waals surface area contributed by atoms with Gasteiger partial charge in [-0.05, 0) is 43.1 Å². The lowest BCUT2D eigenvalue weighted by molar-refractivity contribution is 0.0928. The molecule has 1 amide bonds. The minimum Gasteiger partial charge on any atom is -0.348 e. The fraction of sp³-hybridized carbons (Fsp3) is 0.615. The summed E-state index contributed by atoms with van der Waals surface area (Å²) in [4.78, 5) is 20.8. The summed E-state index contributed by atoms with van der Waals surface area (Å²) in [5.74, 6) is 3.10. The van der Waals surface area contributed by atoms with Gasteiger partial charge in [0.15, 0.2) is 5.16 Å². The second kappa shape index (κ2) is 7.14. The summed E-state index contributed by atoms with van der Waals surface area (Å²) in [6, 6.07) is 2.05. The standard InChI is InChI=1S/C13H19N3OS2/c1-3-19-13-14-9(2)8-11(16-13)12(17)15-10-4-6-18-7-5-10/h8,10H,3-7H2,1-2H3,(H,15,17). The van der Waals surface area contributed by atoms with E-state index >= 15 is 0 Å². The summed E-state index contributed by atoms with van der Waals surface area (Å²) < 4.78 is 0. The van der Waals surface area contributed by atoms with Crippen LogP contribution >= 0.6 is 23.5 Å². The number of rotatable bonds is 4. The van der Waals surface area contributed by atoms with Gasteiger partial charge in [0.1, 0.15) is 5.69 Å². The number of carbonyl (C=O) groups is 1. The minimum absolute atomic E-state index is 0.0691. The Bertz CT molecular complexity index is 448. The Morgan fingerprint density at radius 2 is 2.21 bits per heavy atom. The first-order valence-corrected chi connectivity index (χ1v) is 8.70. The first-order valence-electron chi connectivity index (χ1n) is 6.56. The normalized spacial score (nSPS) is 16.3. The second-order valence-electron chi connectivity index (χ2n) is 4.47. The zero-order chi connectivity index (χ0) is 13.7. The second-order valence-corrected chi connectivity index (χ2v) is 6.93. The van der Waals surface area contributed by atoms with Crippen LogP contribution < -0.4 is 5.32 Å². The maximum atomic E-state index is 12.2. The molecule has 1 aliphatic rings. The van der Waals surface area contributed by atoms with E-state index in [4.69, 9.17) is 0 Å². The molecule has 2 rings (SSSR count). The molecule has 6 heteroatoms. The van der Waals surface area contributed by atoms with Crippen molar-refractivity contribution in [3.8, 4) is 0 Å². The molecule has 0 aliphatic carbocycles. The number of hydrogen-bond donors (Lipinski definition) is 1. The number of aromatic nitrogens is 2. The lowest BCUT2D eigenvalue weighted by Crippen LogP contribution is -2.37. The molecule has 1 N–H and O–H groups in total. The quantitative estimate of drug-likeness (QED) is 0.683. The van der Waals surface area contributed by atoms with Gasteiger partial charge < -0.3 is 5.32 Å². The Labute approximate surface area is 122 Å². The van der Waals surface area contributed by atoms with Crippen molar-refractivity contribution in [2.75, 3.05) is 17.3 Å². The fourth-order valence-electron chi connectivity index (χ4n) is 1.95. The van der Waals surface area contributed by atoms with Crippen LogP contribution in [0.4, 0.5) is 0 Å². The molecular formula is C13H19N3OS2. The van der Waals surface area contributed by atoms with E-state index in [1.54, 1.807) is 17.8 Å². The van der Waals surface area contributed by atoms with E-state index in [9.17, 15) is 4.79 Å². The zero-order valence-corrected chi connectivity index (χ0v) is 12.9. The van der Waals surface area contributed by atoms with Crippen molar-refractivity contribution in [1.82, 2.24) is 15.3 Å². The van der Waals surface area contributed by atoms with Crippen molar-refractivity contribution < 1.29 is 4.79 Å². The van der Waals surface area contributed by atoms with Crippen molar-refractivity contribution >= 4 is 29.4 Å². The summed E-state index contributed by atoms with van der Waals surface area (Å²) in [7, 11) is 0. The average molecular weight is 297 g/mol. The molecule has 0 radical (unpaired) electrons. The number of thioether (sulfide) groups is 2. The molecule has 1 aliphatic heterocycles. The predicted molar refractivity (Wildman–Crippen MR) is 81.0 cm³/mol. The fourth-order valence-corrected chi connectivity index (χ4v) is 3.69. The van der Waals surface area contributed by atoms with Gasteiger partial charge in [0.05, 0.1) is 0 Å². The molecule has 2 heterocycles. The molecule has 0 aromatic carbocycles. The molecule has 1 aromatic heterocycles. The third kappa shape index (κ3) is 4.38. The SMILES string of the molecule is CCSc1nc(C)cc(C(=O)NC2CCSCC2)n1. The van der Waals surface area contributed by atoms with Gasteiger partial charge in [-0.2, -0.15) is 11.8 Å². The number of hydrogen-bond acceptors (Lipinski definition) is 5. The maximum absolute atomic E-state index is 12.2. The average Bonchev–Trinajstić information content (AvgIpc) is 2.39. The first-order chi connectivity index (χ1) is 9.19. The van der Waals surface area contributed by atoms with Gasteiger partial charge in [-0.1, -0.05) is 18.7 Å². The van der Waals surface area contributed by atoms with E-state index < -0.39 is 0 Å². The Balaban J connectivity index is 2.05. The van der Waals surface area contributed by atoms with E-state index in [0.29, 0.717) is 16.9 Å². The highest BCUT2D eigenvalue weighted by Crippen LogP contribution is 2.18. The molecule has 0 bridgehead atoms. The summed E-state index contributed by atoms with van der Waals surface area (Å²) in [6.07, 6.45) is 2.11. The van der Waals surface area contributed by atoms with Crippen LogP contribution in [0.1, 0.15) is 35.9 Å². The van der Waals surface area contributed by atoms with Crippen LogP contribution in [-0.2, 0) is 0 Å². The van der Waals surface area contributed by atoms with Crippen LogP contribution in [0.5, 0.6) is 0 Å². The number of amides is 1. The smallest absolute Gasteiger partial charge is 0.270 e. The summed E-state index contributed by atoms with van der Waals surface area (Å²) in [5.41, 5.74) is 1.33. The summed E-state index contributed by atoms with van der Waals surface area (Å²) >= 11 is 3.51. The van der Waals surface area contributed by atoms with Gasteiger partial charge in [-0.3, -0.25) is 4.79 Å². The molecule has 1 fully saturated rings. The number of aryl methyl sites for hydroxylation is 1. The molecular weight excluding hydrogens is 278 g/mol. The molecule has 4 nitrogen and oxygen atoms in total. The van der Waals surface area contributed by atoms with E-state index in [1.165, 1.54) is 0 Å². The Morgan fingerprint density at radius 3 is 2.89 bits per heavy atom. The monoisotopic (exact) mass is 297 g/mol. The van der Waals surface area contributed by atoms with Crippen molar-refractivity contribution in [2.24, 2.45) is 0 Å². The van der Waals surface area contributed by atoms with Crippen LogP contribution in [0.2, 0.25) is 0 Å². The molecule has 19 heavy (non-hydrogen) atoms. The van der Waals surface area contributed by atoms with Crippen molar-refractivity contribution in [3.05, 3.63) is 17.5 Å². The third-order valence-corrected chi connectivity index (χ3v) is 4.67. The lowest BCUT2D eigenvalue weighted by atomic mass is 10.1. The Hall–Kier alpha value is -0.750.